The molecule has 1 atom stereocenters. The van der Waals surface area contributed by atoms with Crippen LogP contribution in [0, 0.1) is 12.7 Å². The number of halogens is 2. The van der Waals surface area contributed by atoms with Crippen molar-refractivity contribution in [3.05, 3.63) is 76.9 Å². The van der Waals surface area contributed by atoms with Gasteiger partial charge in [0.15, 0.2) is 0 Å². The van der Waals surface area contributed by atoms with Gasteiger partial charge >= 0.3 is 6.01 Å². The predicted molar refractivity (Wildman–Crippen MR) is 134 cm³/mol. The summed E-state index contributed by atoms with van der Waals surface area (Å²) in [5, 5.41) is 9.99. The summed E-state index contributed by atoms with van der Waals surface area (Å²) in [7, 11) is 0. The van der Waals surface area contributed by atoms with Gasteiger partial charge in [0.25, 0.3) is 0 Å². The molecule has 1 fully saturated rings. The van der Waals surface area contributed by atoms with Crippen LogP contribution in [-0.4, -0.2) is 58.1 Å². The van der Waals surface area contributed by atoms with Crippen molar-refractivity contribution in [2.45, 2.75) is 30.8 Å². The van der Waals surface area contributed by atoms with Crippen LogP contribution in [0.2, 0.25) is 0 Å². The fraction of sp³-hybridized carbons (Fsp3) is 0.333. The maximum Gasteiger partial charge on any atom is 0.316 e. The Hall–Kier alpha value is -2.97. The lowest BCUT2D eigenvalue weighted by atomic mass is 9.90. The quantitative estimate of drug-likeness (QED) is 0.467. The van der Waals surface area contributed by atoms with E-state index in [1.54, 1.807) is 42.4 Å². The fourth-order valence-corrected chi connectivity index (χ4v) is 5.79. The zero-order valence-electron chi connectivity index (χ0n) is 19.5. The number of phenols is 1. The average Bonchev–Trinajstić information content (AvgIpc) is 3.30. The lowest BCUT2D eigenvalue weighted by molar-refractivity contribution is 0.183. The molecule has 1 saturated heterocycles. The number of aryl methyl sites for hydroxylation is 1. The highest BCUT2D eigenvalue weighted by Gasteiger charge is 2.26. The third-order valence-electron chi connectivity index (χ3n) is 6.38. The molecule has 1 aromatic heterocycles. The van der Waals surface area contributed by atoms with Gasteiger partial charge in [0, 0.05) is 53.8 Å². The number of alkyl halides is 1. The highest BCUT2D eigenvalue weighted by Crippen LogP contribution is 2.45. The monoisotopic (exact) mass is 495 g/mol. The molecule has 2 aliphatic heterocycles. The Balaban J connectivity index is 1.46. The van der Waals surface area contributed by atoms with Crippen LogP contribution >= 0.6 is 11.8 Å². The molecule has 0 radical (unpaired) electrons. The molecule has 0 amide bonds. The first-order valence-electron chi connectivity index (χ1n) is 11.7. The molecule has 0 aliphatic carbocycles. The molecule has 5 rings (SSSR count). The molecule has 2 aliphatic rings. The summed E-state index contributed by atoms with van der Waals surface area (Å²) in [6, 6.07) is 10.8. The zero-order chi connectivity index (χ0) is 24.4. The minimum absolute atomic E-state index is 0.0216. The van der Waals surface area contributed by atoms with Gasteiger partial charge < -0.3 is 9.84 Å². The van der Waals surface area contributed by atoms with Crippen LogP contribution in [0.15, 0.2) is 53.7 Å². The van der Waals surface area contributed by atoms with Crippen molar-refractivity contribution in [2.24, 2.45) is 0 Å². The van der Waals surface area contributed by atoms with E-state index >= 15 is 4.39 Å². The third-order valence-corrected chi connectivity index (χ3v) is 7.47. The average molecular weight is 496 g/mol. The molecular formula is C27H27F2N3O2S. The Morgan fingerprint density at radius 3 is 2.71 bits per heavy atom. The van der Waals surface area contributed by atoms with Gasteiger partial charge in [0.1, 0.15) is 17.7 Å². The number of fused-ring (bicyclic) bond motifs is 1. The van der Waals surface area contributed by atoms with Crippen LogP contribution < -0.4 is 4.74 Å². The second-order valence-electron chi connectivity index (χ2n) is 8.93. The number of hydrogen-bond acceptors (Lipinski definition) is 6. The minimum Gasteiger partial charge on any atom is -0.508 e. The summed E-state index contributed by atoms with van der Waals surface area (Å²) in [5.74, 6) is 0.485. The van der Waals surface area contributed by atoms with Crippen LogP contribution in [0.1, 0.15) is 35.1 Å². The summed E-state index contributed by atoms with van der Waals surface area (Å²) >= 11 is 1.57. The molecule has 182 valence electrons. The molecule has 3 aromatic rings. The number of thioether (sulfide) groups is 1. The van der Waals surface area contributed by atoms with E-state index in [-0.39, 0.29) is 24.3 Å². The first-order valence-corrected chi connectivity index (χ1v) is 12.7. The van der Waals surface area contributed by atoms with Gasteiger partial charge in [-0.15, -0.1) is 11.8 Å². The normalized spacial score (nSPS) is 18.1. The maximum absolute atomic E-state index is 15.0. The van der Waals surface area contributed by atoms with Gasteiger partial charge in [-0.05, 0) is 66.3 Å². The first-order chi connectivity index (χ1) is 17.0. The Labute approximate surface area is 207 Å². The van der Waals surface area contributed by atoms with Crippen LogP contribution in [0.4, 0.5) is 8.78 Å². The topological polar surface area (TPSA) is 58.5 Å². The van der Waals surface area contributed by atoms with E-state index in [2.05, 4.69) is 14.9 Å². The van der Waals surface area contributed by atoms with E-state index in [0.717, 1.165) is 58.8 Å². The number of likely N-dealkylation sites (tertiary alicyclic amines) is 1. The number of nitrogens with zero attached hydrogens (tertiary/aromatic N) is 3. The summed E-state index contributed by atoms with van der Waals surface area (Å²) < 4.78 is 33.4. The molecule has 1 N–H and O–H groups in total. The largest absolute Gasteiger partial charge is 0.508 e. The lowest BCUT2D eigenvalue weighted by Gasteiger charge is -2.24. The molecular weight excluding hydrogens is 468 g/mol. The Bertz CT molecular complexity index is 1250. The molecule has 0 unspecified atom stereocenters. The van der Waals surface area contributed by atoms with Crippen molar-refractivity contribution in [1.29, 1.82) is 0 Å². The second kappa shape index (κ2) is 10.3. The van der Waals surface area contributed by atoms with E-state index in [9.17, 15) is 9.50 Å². The van der Waals surface area contributed by atoms with Crippen LogP contribution in [0.3, 0.4) is 0 Å². The SMILES string of the molecule is Cc1ccc(C2=C(c3cnc(O[C@H]4CCN(CCCF)C4)nc3)c3ccc(O)cc3SC2)c(F)c1. The molecule has 3 heterocycles. The number of ether oxygens (including phenoxy) is 1. The number of hydrogen-bond donors (Lipinski definition) is 1. The van der Waals surface area contributed by atoms with E-state index < -0.39 is 0 Å². The van der Waals surface area contributed by atoms with E-state index in [0.29, 0.717) is 23.7 Å². The molecule has 35 heavy (non-hydrogen) atoms. The van der Waals surface area contributed by atoms with Gasteiger partial charge in [0.2, 0.25) is 0 Å². The van der Waals surface area contributed by atoms with Crippen molar-refractivity contribution in [2.75, 3.05) is 32.1 Å². The van der Waals surface area contributed by atoms with Gasteiger partial charge in [-0.3, -0.25) is 9.29 Å². The molecule has 0 bridgehead atoms. The predicted octanol–water partition coefficient (Wildman–Crippen LogP) is 5.51. The molecule has 0 saturated carbocycles. The zero-order valence-corrected chi connectivity index (χ0v) is 20.3. The van der Waals surface area contributed by atoms with Gasteiger partial charge in [0.05, 0.1) is 6.67 Å². The van der Waals surface area contributed by atoms with E-state index in [1.165, 1.54) is 0 Å². The van der Waals surface area contributed by atoms with Crippen LogP contribution in [0.25, 0.3) is 11.1 Å². The van der Waals surface area contributed by atoms with E-state index in [4.69, 9.17) is 4.74 Å². The lowest BCUT2D eigenvalue weighted by Crippen LogP contribution is -2.26. The van der Waals surface area contributed by atoms with Crippen LogP contribution in [-0.2, 0) is 0 Å². The Morgan fingerprint density at radius 1 is 1.14 bits per heavy atom. The smallest absolute Gasteiger partial charge is 0.316 e. The summed E-state index contributed by atoms with van der Waals surface area (Å²) in [6.07, 6.45) is 4.80. The van der Waals surface area contributed by atoms with E-state index in [1.807, 2.05) is 25.1 Å². The number of phenolic OH excluding ortho intramolecular Hbond substituents is 1. The van der Waals surface area contributed by atoms with Crippen molar-refractivity contribution in [1.82, 2.24) is 14.9 Å². The number of benzene rings is 2. The fourth-order valence-electron chi connectivity index (χ4n) is 4.66. The van der Waals surface area contributed by atoms with Gasteiger partial charge in [-0.1, -0.05) is 12.1 Å². The molecule has 8 heteroatoms. The van der Waals surface area contributed by atoms with Crippen LogP contribution in [0.5, 0.6) is 11.8 Å². The van der Waals surface area contributed by atoms with Crippen molar-refractivity contribution >= 4 is 22.9 Å². The summed E-state index contributed by atoms with van der Waals surface area (Å²) in [6.45, 7) is 3.91. The summed E-state index contributed by atoms with van der Waals surface area (Å²) in [4.78, 5) is 12.0. The number of aromatic hydroxyl groups is 1. The van der Waals surface area contributed by atoms with Crippen molar-refractivity contribution < 1.29 is 18.6 Å². The van der Waals surface area contributed by atoms with Crippen molar-refractivity contribution in [3.63, 3.8) is 0 Å². The molecule has 5 nitrogen and oxygen atoms in total. The van der Waals surface area contributed by atoms with Crippen molar-refractivity contribution in [3.8, 4) is 11.8 Å². The maximum atomic E-state index is 15.0. The number of aromatic nitrogens is 2. The van der Waals surface area contributed by atoms with Gasteiger partial charge in [-0.25, -0.2) is 14.4 Å². The molecule has 0 spiro atoms. The standard InChI is InChI=1S/C27H27F2N3O2S/c1-17-3-5-21(24(29)11-17)23-16-35-25-12-19(33)4-6-22(25)26(23)18-13-30-27(31-14-18)34-20-7-10-32(15-20)9-2-8-28/h3-6,11-14,20,33H,2,7-10,15-16H2,1H3/t20-/m0/s1. The third kappa shape index (κ3) is 5.18. The van der Waals surface area contributed by atoms with Gasteiger partial charge in [-0.2, -0.15) is 0 Å². The molecule has 2 aromatic carbocycles. The number of rotatable bonds is 7. The Kier molecular flexibility index (Phi) is 7.02. The Morgan fingerprint density at radius 2 is 1.94 bits per heavy atom. The highest BCUT2D eigenvalue weighted by atomic mass is 32.2. The highest BCUT2D eigenvalue weighted by molar-refractivity contribution is 7.99. The summed E-state index contributed by atoms with van der Waals surface area (Å²) in [5.41, 5.74) is 4.80. The second-order valence-corrected chi connectivity index (χ2v) is 9.95. The first kappa shape index (κ1) is 23.8. The minimum atomic E-state index is -0.307.